The molecule has 2 aliphatic heterocycles. The lowest BCUT2D eigenvalue weighted by Gasteiger charge is -2.38. The van der Waals surface area contributed by atoms with E-state index in [0.29, 0.717) is 4.57 Å². The van der Waals surface area contributed by atoms with Crippen LogP contribution in [0.1, 0.15) is 12.5 Å². The van der Waals surface area contributed by atoms with E-state index >= 15 is 0 Å². The number of nitrogen functional groups attached to an aromatic ring is 1. The molecule has 0 amide bonds. The summed E-state index contributed by atoms with van der Waals surface area (Å²) in [5.74, 6) is -0.0271. The first kappa shape index (κ1) is 39.7. The first-order chi connectivity index (χ1) is 23.6. The third kappa shape index (κ3) is 9.16. The van der Waals surface area contributed by atoms with Crippen molar-refractivity contribution in [2.45, 2.75) is 49.1 Å². The number of nitrogens with zero attached hydrogens (tertiary/aromatic N) is 5. The van der Waals surface area contributed by atoms with E-state index in [1.807, 2.05) is 4.98 Å². The van der Waals surface area contributed by atoms with Crippen LogP contribution in [0.3, 0.4) is 0 Å². The number of hydrogen-bond acceptors (Lipinski definition) is 24. The molecule has 5 rings (SSSR count). The fourth-order valence-corrected chi connectivity index (χ4v) is 9.71. The van der Waals surface area contributed by atoms with Crippen molar-refractivity contribution in [2.24, 2.45) is 0 Å². The topological polar surface area (TPSA) is 407 Å². The normalized spacial score (nSPS) is 31.5. The summed E-state index contributed by atoms with van der Waals surface area (Å²) in [6, 6.07) is 0.865. The van der Waals surface area contributed by atoms with Crippen LogP contribution in [0.2, 0.25) is 0 Å². The van der Waals surface area contributed by atoms with E-state index in [0.717, 1.165) is 29.5 Å². The van der Waals surface area contributed by atoms with Gasteiger partial charge in [0.2, 0.25) is 0 Å². The molecule has 0 aliphatic carbocycles. The lowest BCUT2D eigenvalue weighted by atomic mass is 10.1. The summed E-state index contributed by atoms with van der Waals surface area (Å²) >= 11 is 0. The van der Waals surface area contributed by atoms with Crippen molar-refractivity contribution in [2.75, 3.05) is 18.9 Å². The van der Waals surface area contributed by atoms with Gasteiger partial charge in [-0.2, -0.15) is 0 Å². The smallest absolute Gasteiger partial charge is 0.330 e. The number of nitrogens with two attached hydrogens (primary N) is 1. The molecule has 27 nitrogen and oxygen atoms in total. The van der Waals surface area contributed by atoms with E-state index in [4.69, 9.17) is 22.8 Å². The Hall–Kier alpha value is -2.55. The molecule has 2 aliphatic rings. The Morgan fingerprint density at radius 1 is 0.824 bits per heavy atom. The molecule has 0 aromatic carbocycles. The third-order valence-corrected chi connectivity index (χ3v) is 12.8. The molecule has 5 heterocycles. The minimum atomic E-state index is -6.44. The summed E-state index contributed by atoms with van der Waals surface area (Å²) in [5, 5.41) is 41.2. The quantitative estimate of drug-likeness (QED) is 0.0656. The van der Waals surface area contributed by atoms with E-state index < -0.39 is 104 Å². The minimum absolute atomic E-state index is 0.0271. The van der Waals surface area contributed by atoms with Crippen LogP contribution in [0.15, 0.2) is 34.5 Å². The third-order valence-electron chi connectivity index (χ3n) is 6.88. The molecule has 3 radical (unpaired) electrons. The van der Waals surface area contributed by atoms with Gasteiger partial charge >= 0.3 is 5.69 Å². The number of aromatic amines is 1. The number of phosphoric acid groups is 3. The number of imidazole rings is 1. The Kier molecular flexibility index (Phi) is 11.4. The molecule has 32 heteroatoms. The Morgan fingerprint density at radius 3 is 1.92 bits per heavy atom. The van der Waals surface area contributed by atoms with Gasteiger partial charge in [0.15, 0.2) is 23.9 Å². The van der Waals surface area contributed by atoms with Gasteiger partial charge in [-0.15, -0.1) is 0 Å². The van der Waals surface area contributed by atoms with Gasteiger partial charge in [0.05, 0.1) is 27.0 Å². The average Bonchev–Trinajstić information content (AvgIpc) is 3.64. The van der Waals surface area contributed by atoms with Gasteiger partial charge in [-0.05, 0) is 0 Å². The van der Waals surface area contributed by atoms with Crippen molar-refractivity contribution in [3.05, 3.63) is 45.8 Å². The van der Waals surface area contributed by atoms with E-state index in [2.05, 4.69) is 36.9 Å². The Labute approximate surface area is 283 Å². The lowest BCUT2D eigenvalue weighted by molar-refractivity contribution is -0.241. The number of rotatable bonds is 14. The number of H-pyrrole nitrogens is 1. The molecule has 0 bridgehead atoms. The van der Waals surface area contributed by atoms with Crippen molar-refractivity contribution in [3.8, 4) is 0 Å². The molecule has 0 spiro atoms. The highest BCUT2D eigenvalue weighted by Gasteiger charge is 2.46. The molecule has 2 saturated heterocycles. The molecule has 4 unspecified atom stereocenters. The van der Waals surface area contributed by atoms with Crippen LogP contribution in [0.4, 0.5) is 5.82 Å². The summed E-state index contributed by atoms with van der Waals surface area (Å²) in [5.41, 5.74) is 3.98. The number of ether oxygens (including phenoxy) is 2. The van der Waals surface area contributed by atoms with Crippen molar-refractivity contribution < 1.29 is 84.8 Å². The summed E-state index contributed by atoms with van der Waals surface area (Å²) < 4.78 is 81.5. The van der Waals surface area contributed by atoms with Crippen molar-refractivity contribution in [1.82, 2.24) is 29.1 Å². The molecule has 3 aromatic heterocycles. The molecule has 281 valence electrons. The highest BCUT2D eigenvalue weighted by molar-refractivity contribution is 7.87. The zero-order valence-electron chi connectivity index (χ0n) is 24.8. The van der Waals surface area contributed by atoms with Gasteiger partial charge in [0.25, 0.3) is 29.0 Å². The highest BCUT2D eigenvalue weighted by Crippen LogP contribution is 2.68. The SMILES string of the molecule is [B-]P(=O)(OP(=O)([O-])OC[C@H]1O[C@@H](n2cnc3c(N)ncnc32)[C@H](O)[C@@H]1O)OP(=O)([O-])OP(=O)([O-])OC[C@H]1O[C@@H](n2ccc(=O)[nH]c2=O)[C@H](O)[C@@H]1O. The maximum absolute atomic E-state index is 12.4. The van der Waals surface area contributed by atoms with Gasteiger partial charge in [-0.1, -0.05) is 0 Å². The Morgan fingerprint density at radius 2 is 1.35 bits per heavy atom. The summed E-state index contributed by atoms with van der Waals surface area (Å²) in [4.78, 5) is 73.3. The van der Waals surface area contributed by atoms with Crippen LogP contribution in [-0.2, 0) is 49.7 Å². The van der Waals surface area contributed by atoms with E-state index in [1.165, 1.54) is 0 Å². The number of aliphatic hydroxyl groups is 4. The first-order valence-electron chi connectivity index (χ1n) is 13.6. The predicted molar refractivity (Wildman–Crippen MR) is 154 cm³/mol. The molecule has 51 heavy (non-hydrogen) atoms. The van der Waals surface area contributed by atoms with Crippen molar-refractivity contribution in [3.63, 3.8) is 0 Å². The fourth-order valence-electron chi connectivity index (χ4n) is 4.68. The van der Waals surface area contributed by atoms with Gasteiger partial charge in [-0.25, -0.2) is 24.1 Å². The number of fused-ring (bicyclic) bond motifs is 1. The van der Waals surface area contributed by atoms with E-state index in [9.17, 15) is 63.0 Å². The fraction of sp³-hybridized carbons (Fsp3) is 0.526. The van der Waals surface area contributed by atoms with Crippen LogP contribution >= 0.6 is 30.9 Å². The second-order valence-corrected chi connectivity index (χ2v) is 16.6. The average molecular weight is 804 g/mol. The maximum Gasteiger partial charge on any atom is 0.330 e. The molecule has 7 N–H and O–H groups in total. The molecule has 2 fully saturated rings. The first-order valence-corrected chi connectivity index (χ1v) is 19.6. The lowest BCUT2D eigenvalue weighted by Crippen LogP contribution is -2.37. The zero-order chi connectivity index (χ0) is 37.7. The summed E-state index contributed by atoms with van der Waals surface area (Å²) in [6.07, 6.45) is -10.8. The summed E-state index contributed by atoms with van der Waals surface area (Å²) in [7, 11) is -19.4. The van der Waals surface area contributed by atoms with Gasteiger partial charge in [0.1, 0.15) is 48.5 Å². The molecule has 0 saturated carbocycles. The van der Waals surface area contributed by atoms with Gasteiger partial charge < -0.3 is 71.5 Å². The largest absolute Gasteiger partial charge is 0.756 e. The molecule has 12 atom stereocenters. The number of phosphoric ester groups is 2. The van der Waals surface area contributed by atoms with E-state index in [1.54, 1.807) is 0 Å². The molecular formula is C19H23BN7O20P4-4. The van der Waals surface area contributed by atoms with Crippen LogP contribution in [0, 0.1) is 0 Å². The number of aromatic nitrogens is 6. The monoisotopic (exact) mass is 804 g/mol. The van der Waals surface area contributed by atoms with Crippen LogP contribution < -0.4 is 31.7 Å². The van der Waals surface area contributed by atoms with Crippen molar-refractivity contribution in [1.29, 1.82) is 0 Å². The van der Waals surface area contributed by atoms with Gasteiger partial charge in [0, 0.05) is 12.3 Å². The summed E-state index contributed by atoms with van der Waals surface area (Å²) in [6.45, 7) is -2.42. The van der Waals surface area contributed by atoms with Crippen molar-refractivity contribution >= 4 is 55.5 Å². The minimum Gasteiger partial charge on any atom is -0.756 e. The Bertz CT molecular complexity index is 2080. The van der Waals surface area contributed by atoms with Crippen LogP contribution in [0.25, 0.3) is 11.2 Å². The number of nitrogens with one attached hydrogen (secondary N) is 1. The zero-order valence-corrected chi connectivity index (χ0v) is 28.4. The second-order valence-electron chi connectivity index (χ2n) is 10.4. The maximum atomic E-state index is 12.4. The number of hydrogen-bond donors (Lipinski definition) is 6. The Balaban J connectivity index is 1.14. The highest BCUT2D eigenvalue weighted by atomic mass is 31.3. The predicted octanol–water partition coefficient (Wildman–Crippen LogP) is -5.04. The number of aliphatic hydroxyl groups excluding tert-OH is 4. The number of anilines is 1. The standard InChI is InChI=1S/C19H26BN7O20P4/c20-48(34,45-49(35,36)41-3-8-12(30)14(32)18(44-8)27-6-24-10-15(21)22-5-23-16(10)27)46-51(39,40)47-50(37,38)42-4-7-11(29)13(31)17(43-7)26-2-1-9(28)25-19(26)33/h1-2,5-8,11-14,17-18,29-32H,3-4H2,(H,35,36)(H,37,38)(H,39,40)(H2,21,22,23)(H,25,28,33)/q-1/p-3/t7-,8-,11-,12-,13-,14-,17-,18-,48?/m1/s1. The van der Waals surface area contributed by atoms with Crippen LogP contribution in [-0.4, -0.2) is 107 Å². The van der Waals surface area contributed by atoms with Gasteiger partial charge in [-0.3, -0.25) is 41.2 Å². The second kappa shape index (κ2) is 14.7. The van der Waals surface area contributed by atoms with E-state index in [-0.39, 0.29) is 17.0 Å². The van der Waals surface area contributed by atoms with Crippen LogP contribution in [0.5, 0.6) is 0 Å². The molecule has 3 aromatic rings. The molecular weight excluding hydrogens is 781 g/mol.